The van der Waals surface area contributed by atoms with E-state index in [0.29, 0.717) is 30.5 Å². The summed E-state index contributed by atoms with van der Waals surface area (Å²) in [5, 5.41) is 0. The number of sulfonamides is 1. The van der Waals surface area contributed by atoms with Gasteiger partial charge in [-0.2, -0.15) is 13.2 Å². The van der Waals surface area contributed by atoms with Gasteiger partial charge in [-0.15, -0.1) is 0 Å². The highest BCUT2D eigenvalue weighted by atomic mass is 32.2. The number of anilines is 2. The molecule has 1 atom stereocenters. The Balaban J connectivity index is 1.52. The van der Waals surface area contributed by atoms with E-state index in [1.165, 1.54) is 29.2 Å². The fourth-order valence-corrected chi connectivity index (χ4v) is 5.53. The van der Waals surface area contributed by atoms with Gasteiger partial charge in [0, 0.05) is 36.2 Å². The highest BCUT2D eigenvalue weighted by Crippen LogP contribution is 2.45. The fourth-order valence-electron chi connectivity index (χ4n) is 4.56. The van der Waals surface area contributed by atoms with E-state index < -0.39 is 33.5 Å². The molecule has 8 nitrogen and oxygen atoms in total. The number of halogens is 4. The second kappa shape index (κ2) is 9.29. The zero-order valence-corrected chi connectivity index (χ0v) is 19.9. The van der Waals surface area contributed by atoms with E-state index in [9.17, 15) is 30.8 Å². The maximum atomic E-state index is 13.5. The summed E-state index contributed by atoms with van der Waals surface area (Å²) in [5.41, 5.74) is 0.452. The maximum absolute atomic E-state index is 13.5. The van der Waals surface area contributed by atoms with Crippen LogP contribution in [0, 0.1) is 5.82 Å². The molecule has 2 aliphatic rings. The van der Waals surface area contributed by atoms with Crippen molar-refractivity contribution in [3.8, 4) is 5.75 Å². The standard InChI is InChI=1S/C24H20F4N4O4S/c25-15-12-29-23(30-13-15)31-37(34,35)16-4-6-19-17(7-9-36-21(19)11-16)18-5-3-14(24(26,27)28)10-20(18)32-8-1-2-22(32)33/h3-6,10-13,17H,1-2,7-9H2,(H,29,30,31)/t17-/m0/s1. The van der Waals surface area contributed by atoms with Crippen molar-refractivity contribution >= 4 is 27.6 Å². The number of carbonyl (C=O) groups is 1. The third-order valence-electron chi connectivity index (χ3n) is 6.28. The summed E-state index contributed by atoms with van der Waals surface area (Å²) in [6.07, 6.45) is -1.72. The summed E-state index contributed by atoms with van der Waals surface area (Å²) >= 11 is 0. The molecule has 194 valence electrons. The molecule has 0 aliphatic carbocycles. The number of aromatic nitrogens is 2. The van der Waals surface area contributed by atoms with Crippen LogP contribution < -0.4 is 14.4 Å². The third-order valence-corrected chi connectivity index (χ3v) is 7.60. The molecule has 37 heavy (non-hydrogen) atoms. The number of amides is 1. The van der Waals surface area contributed by atoms with Gasteiger partial charge < -0.3 is 9.64 Å². The highest BCUT2D eigenvalue weighted by molar-refractivity contribution is 7.92. The van der Waals surface area contributed by atoms with E-state index in [1.54, 1.807) is 0 Å². The van der Waals surface area contributed by atoms with Gasteiger partial charge in [0.05, 0.1) is 29.5 Å². The lowest BCUT2D eigenvalue weighted by Crippen LogP contribution is -2.27. The Morgan fingerprint density at radius 2 is 1.78 bits per heavy atom. The number of ether oxygens (including phenoxy) is 1. The van der Waals surface area contributed by atoms with E-state index >= 15 is 0 Å². The molecule has 1 N–H and O–H groups in total. The first-order valence-electron chi connectivity index (χ1n) is 11.3. The van der Waals surface area contributed by atoms with Gasteiger partial charge >= 0.3 is 6.18 Å². The van der Waals surface area contributed by atoms with Crippen molar-refractivity contribution in [2.45, 2.75) is 36.3 Å². The Hall–Kier alpha value is -3.74. The predicted molar refractivity (Wildman–Crippen MR) is 124 cm³/mol. The lowest BCUT2D eigenvalue weighted by atomic mass is 9.85. The number of fused-ring (bicyclic) bond motifs is 1. The van der Waals surface area contributed by atoms with Crippen LogP contribution in [0.3, 0.4) is 0 Å². The number of carbonyl (C=O) groups excluding carboxylic acids is 1. The van der Waals surface area contributed by atoms with Crippen LogP contribution in [0.15, 0.2) is 53.7 Å². The number of benzene rings is 2. The van der Waals surface area contributed by atoms with Gasteiger partial charge in [-0.1, -0.05) is 12.1 Å². The van der Waals surface area contributed by atoms with Gasteiger partial charge in [0.2, 0.25) is 11.9 Å². The summed E-state index contributed by atoms with van der Waals surface area (Å²) in [7, 11) is -4.15. The van der Waals surface area contributed by atoms with Crippen molar-refractivity contribution in [1.82, 2.24) is 9.97 Å². The Bertz CT molecular complexity index is 1460. The van der Waals surface area contributed by atoms with Crippen LogP contribution in [-0.2, 0) is 21.0 Å². The van der Waals surface area contributed by atoms with E-state index in [2.05, 4.69) is 14.7 Å². The molecule has 1 fully saturated rings. The maximum Gasteiger partial charge on any atom is 0.416 e. The fraction of sp³-hybridized carbons (Fsp3) is 0.292. The van der Waals surface area contributed by atoms with Crippen molar-refractivity contribution in [2.24, 2.45) is 0 Å². The normalized spacial score (nSPS) is 17.9. The molecule has 0 radical (unpaired) electrons. The second-order valence-corrected chi connectivity index (χ2v) is 10.3. The monoisotopic (exact) mass is 536 g/mol. The molecule has 0 spiro atoms. The predicted octanol–water partition coefficient (Wildman–Crippen LogP) is 4.48. The van der Waals surface area contributed by atoms with Crippen molar-refractivity contribution in [3.05, 3.63) is 71.3 Å². The van der Waals surface area contributed by atoms with Gasteiger partial charge in [-0.25, -0.2) is 27.5 Å². The van der Waals surface area contributed by atoms with Crippen LogP contribution in [-0.4, -0.2) is 37.4 Å². The van der Waals surface area contributed by atoms with Gasteiger partial charge in [-0.05, 0) is 36.6 Å². The average Bonchev–Trinajstić information content (AvgIpc) is 3.29. The zero-order chi connectivity index (χ0) is 26.4. The van der Waals surface area contributed by atoms with Crippen LogP contribution in [0.2, 0.25) is 0 Å². The molecule has 1 aromatic heterocycles. The van der Waals surface area contributed by atoms with Gasteiger partial charge in [0.15, 0.2) is 5.82 Å². The van der Waals surface area contributed by atoms with Crippen LogP contribution in [0.25, 0.3) is 0 Å². The molecular weight excluding hydrogens is 516 g/mol. The molecule has 3 aromatic rings. The summed E-state index contributed by atoms with van der Waals surface area (Å²) in [6.45, 7) is 0.502. The Kier molecular flexibility index (Phi) is 6.26. The first-order valence-corrected chi connectivity index (χ1v) is 12.8. The zero-order valence-electron chi connectivity index (χ0n) is 19.1. The lowest BCUT2D eigenvalue weighted by molar-refractivity contribution is -0.137. The molecule has 0 saturated carbocycles. The van der Waals surface area contributed by atoms with Gasteiger partial charge in [0.1, 0.15) is 5.75 Å². The largest absolute Gasteiger partial charge is 0.493 e. The minimum atomic E-state index is -4.58. The van der Waals surface area contributed by atoms with E-state index in [4.69, 9.17) is 4.74 Å². The molecule has 3 heterocycles. The van der Waals surface area contributed by atoms with Crippen molar-refractivity contribution in [1.29, 1.82) is 0 Å². The Morgan fingerprint density at radius 1 is 1.05 bits per heavy atom. The molecule has 0 bridgehead atoms. The smallest absolute Gasteiger partial charge is 0.416 e. The molecule has 0 unspecified atom stereocenters. The summed E-state index contributed by atoms with van der Waals surface area (Å²) < 4.78 is 87.0. The molecule has 5 rings (SSSR count). The first kappa shape index (κ1) is 24.9. The van der Waals surface area contributed by atoms with Crippen molar-refractivity contribution in [3.63, 3.8) is 0 Å². The van der Waals surface area contributed by atoms with Crippen LogP contribution >= 0.6 is 0 Å². The van der Waals surface area contributed by atoms with E-state index in [1.807, 2.05) is 0 Å². The number of nitrogens with one attached hydrogen (secondary N) is 1. The first-order chi connectivity index (χ1) is 17.5. The average molecular weight is 537 g/mol. The number of rotatable bonds is 5. The second-order valence-electron chi connectivity index (χ2n) is 8.64. The Morgan fingerprint density at radius 3 is 2.46 bits per heavy atom. The lowest BCUT2D eigenvalue weighted by Gasteiger charge is -2.30. The molecule has 1 saturated heterocycles. The van der Waals surface area contributed by atoms with E-state index in [-0.39, 0.29) is 41.2 Å². The highest BCUT2D eigenvalue weighted by Gasteiger charge is 2.35. The third kappa shape index (κ3) is 4.95. The van der Waals surface area contributed by atoms with Gasteiger partial charge in [-0.3, -0.25) is 4.79 Å². The molecule has 1 amide bonds. The number of hydrogen-bond acceptors (Lipinski definition) is 6. The minimum absolute atomic E-state index is 0.165. The summed E-state index contributed by atoms with van der Waals surface area (Å²) in [4.78, 5) is 20.8. The van der Waals surface area contributed by atoms with Crippen LogP contribution in [0.5, 0.6) is 5.75 Å². The molecular formula is C24H20F4N4O4S. The van der Waals surface area contributed by atoms with Crippen molar-refractivity contribution < 1.29 is 35.5 Å². The molecule has 2 aliphatic heterocycles. The SMILES string of the molecule is O=C1CCCN1c1cc(C(F)(F)F)ccc1[C@@H]1CCOc2cc(S(=O)(=O)Nc3ncc(F)cn3)ccc21. The van der Waals surface area contributed by atoms with Crippen LogP contribution in [0.4, 0.5) is 29.2 Å². The van der Waals surface area contributed by atoms with Gasteiger partial charge in [0.25, 0.3) is 10.0 Å². The number of nitrogens with zero attached hydrogens (tertiary/aromatic N) is 3. The van der Waals surface area contributed by atoms with E-state index in [0.717, 1.165) is 24.5 Å². The number of alkyl halides is 3. The molecule has 13 heteroatoms. The van der Waals surface area contributed by atoms with Crippen LogP contribution in [0.1, 0.15) is 41.9 Å². The number of hydrogen-bond donors (Lipinski definition) is 1. The Labute approximate surface area is 209 Å². The molecule has 2 aromatic carbocycles. The minimum Gasteiger partial charge on any atom is -0.493 e. The summed E-state index contributed by atoms with van der Waals surface area (Å²) in [6, 6.07) is 7.53. The topological polar surface area (TPSA) is 101 Å². The quantitative estimate of drug-likeness (QED) is 0.483. The van der Waals surface area contributed by atoms with Crippen molar-refractivity contribution in [2.75, 3.05) is 22.8 Å². The summed E-state index contributed by atoms with van der Waals surface area (Å²) in [5.74, 6) is -1.47.